The first kappa shape index (κ1) is 16.0. The normalized spacial score (nSPS) is 20.7. The molecule has 2 N–H and O–H groups in total. The predicted molar refractivity (Wildman–Crippen MR) is 83.7 cm³/mol. The summed E-state index contributed by atoms with van der Waals surface area (Å²) < 4.78 is 18.5. The molecule has 0 saturated carbocycles. The van der Waals surface area contributed by atoms with Gasteiger partial charge in [-0.05, 0) is 24.6 Å². The number of nitrogens with zero attached hydrogens (tertiary/aromatic N) is 1. The summed E-state index contributed by atoms with van der Waals surface area (Å²) in [6.45, 7) is 2.82. The summed E-state index contributed by atoms with van der Waals surface area (Å²) in [5, 5.41) is 3.24. The van der Waals surface area contributed by atoms with Gasteiger partial charge < -0.3 is 15.0 Å². The van der Waals surface area contributed by atoms with E-state index in [4.69, 9.17) is 16.3 Å². The molecule has 7 heteroatoms. The summed E-state index contributed by atoms with van der Waals surface area (Å²) in [5.74, 6) is 0.0509. The number of carbonyl (C=O) groups excluding carboxylic acids is 1. The summed E-state index contributed by atoms with van der Waals surface area (Å²) in [4.78, 5) is 19.9. The molecule has 0 radical (unpaired) electrons. The molecular weight excluding hydrogens is 321 g/mol. The molecule has 0 spiro atoms. The van der Waals surface area contributed by atoms with E-state index < -0.39 is 11.4 Å². The molecule has 1 saturated heterocycles. The molecule has 5 nitrogen and oxygen atoms in total. The lowest BCUT2D eigenvalue weighted by atomic mass is 9.97. The summed E-state index contributed by atoms with van der Waals surface area (Å²) in [5.41, 5.74) is 0.843. The molecule has 1 aromatic carbocycles. The quantitative estimate of drug-likeness (QED) is 0.900. The number of benzene rings is 1. The van der Waals surface area contributed by atoms with Crippen molar-refractivity contribution in [1.29, 1.82) is 0 Å². The zero-order valence-corrected chi connectivity index (χ0v) is 13.4. The third-order valence-corrected chi connectivity index (χ3v) is 4.27. The second-order valence-corrected chi connectivity index (χ2v) is 6.17. The maximum Gasteiger partial charge on any atom is 0.225 e. The van der Waals surface area contributed by atoms with Gasteiger partial charge in [0.2, 0.25) is 5.91 Å². The van der Waals surface area contributed by atoms with Gasteiger partial charge in [-0.2, -0.15) is 0 Å². The Labute approximate surface area is 138 Å². The molecule has 1 aliphatic rings. The fraction of sp³-hybridized carbons (Fsp3) is 0.375. The van der Waals surface area contributed by atoms with E-state index in [2.05, 4.69) is 15.3 Å². The van der Waals surface area contributed by atoms with Gasteiger partial charge in [0.1, 0.15) is 17.2 Å². The largest absolute Gasteiger partial charge is 0.378 e. The number of nitrogens with one attached hydrogen (secondary N) is 2. The molecule has 3 rings (SSSR count). The molecule has 0 bridgehead atoms. The molecule has 1 fully saturated rings. The van der Waals surface area contributed by atoms with Crippen molar-refractivity contribution >= 4 is 17.5 Å². The maximum absolute atomic E-state index is 13.1. The van der Waals surface area contributed by atoms with Crippen LogP contribution in [0.1, 0.15) is 23.5 Å². The van der Waals surface area contributed by atoms with Crippen LogP contribution in [-0.2, 0) is 21.5 Å². The van der Waals surface area contributed by atoms with Crippen LogP contribution in [0.25, 0.3) is 0 Å². The molecule has 1 aromatic heterocycles. The summed E-state index contributed by atoms with van der Waals surface area (Å²) >= 11 is 5.98. The lowest BCUT2D eigenvalue weighted by molar-refractivity contribution is -0.122. The van der Waals surface area contributed by atoms with Crippen molar-refractivity contribution in [3.05, 3.63) is 52.3 Å². The number of hydrogen-bond acceptors (Lipinski definition) is 3. The van der Waals surface area contributed by atoms with Gasteiger partial charge in [-0.1, -0.05) is 17.7 Å². The van der Waals surface area contributed by atoms with Crippen LogP contribution in [0.3, 0.4) is 0 Å². The number of H-pyrrole nitrogens is 1. The molecule has 23 heavy (non-hydrogen) atoms. The third-order valence-electron chi connectivity index (χ3n) is 3.92. The van der Waals surface area contributed by atoms with Crippen molar-refractivity contribution in [2.24, 2.45) is 0 Å². The van der Waals surface area contributed by atoms with Crippen molar-refractivity contribution in [2.75, 3.05) is 13.2 Å². The molecule has 0 aliphatic carbocycles. The molecule has 1 aliphatic heterocycles. The fourth-order valence-corrected chi connectivity index (χ4v) is 2.95. The van der Waals surface area contributed by atoms with Crippen LogP contribution in [-0.4, -0.2) is 29.1 Å². The second-order valence-electron chi connectivity index (χ2n) is 5.76. The topological polar surface area (TPSA) is 67.0 Å². The van der Waals surface area contributed by atoms with Crippen LogP contribution < -0.4 is 5.32 Å². The van der Waals surface area contributed by atoms with Crippen molar-refractivity contribution in [1.82, 2.24) is 15.3 Å². The highest BCUT2D eigenvalue weighted by Gasteiger charge is 2.40. The SMILES string of the molecule is Cc1cnc(C2(NC(=O)Cc3ccc(F)cc3Cl)CCOC2)[nH]1. The van der Waals surface area contributed by atoms with E-state index >= 15 is 0 Å². The Morgan fingerprint density at radius 2 is 2.39 bits per heavy atom. The van der Waals surface area contributed by atoms with Gasteiger partial charge in [0.25, 0.3) is 0 Å². The minimum absolute atomic E-state index is 0.0700. The molecule has 122 valence electrons. The highest BCUT2D eigenvalue weighted by atomic mass is 35.5. The molecule has 1 unspecified atom stereocenters. The van der Waals surface area contributed by atoms with Gasteiger partial charge in [0.05, 0.1) is 13.0 Å². The Kier molecular flexibility index (Phi) is 4.37. The highest BCUT2D eigenvalue weighted by Crippen LogP contribution is 2.29. The minimum Gasteiger partial charge on any atom is -0.378 e. The second kappa shape index (κ2) is 6.29. The number of ether oxygens (including phenoxy) is 1. The number of hydrogen-bond donors (Lipinski definition) is 2. The lowest BCUT2D eigenvalue weighted by Gasteiger charge is -2.26. The van der Waals surface area contributed by atoms with Gasteiger partial charge in [-0.15, -0.1) is 0 Å². The number of halogens is 2. The standard InChI is InChI=1S/C16H17ClFN3O2/c1-10-8-19-15(20-10)16(4-5-23-9-16)21-14(22)6-11-2-3-12(18)7-13(11)17/h2-3,7-8H,4-6,9H2,1H3,(H,19,20)(H,21,22). The number of aryl methyl sites for hydroxylation is 1. The number of rotatable bonds is 4. The van der Waals surface area contributed by atoms with Crippen LogP contribution in [0.4, 0.5) is 4.39 Å². The first-order valence-corrected chi connectivity index (χ1v) is 7.71. The summed E-state index contributed by atoms with van der Waals surface area (Å²) in [6, 6.07) is 4.01. The zero-order valence-electron chi connectivity index (χ0n) is 12.7. The smallest absolute Gasteiger partial charge is 0.225 e. The Balaban J connectivity index is 1.77. The van der Waals surface area contributed by atoms with E-state index in [0.717, 1.165) is 5.69 Å². The number of aromatic nitrogens is 2. The maximum atomic E-state index is 13.1. The molecule has 2 aromatic rings. The summed E-state index contributed by atoms with van der Waals surface area (Å²) in [7, 11) is 0. The first-order chi connectivity index (χ1) is 11.0. The Morgan fingerprint density at radius 1 is 1.57 bits per heavy atom. The number of imidazole rings is 1. The lowest BCUT2D eigenvalue weighted by Crippen LogP contribution is -2.48. The van der Waals surface area contributed by atoms with Crippen LogP contribution >= 0.6 is 11.6 Å². The van der Waals surface area contributed by atoms with Crippen molar-refractivity contribution < 1.29 is 13.9 Å². The van der Waals surface area contributed by atoms with Crippen LogP contribution in [0.15, 0.2) is 24.4 Å². The van der Waals surface area contributed by atoms with Gasteiger partial charge in [-0.3, -0.25) is 4.79 Å². The number of carbonyl (C=O) groups is 1. The molecule has 1 atom stereocenters. The Hall–Kier alpha value is -1.92. The molecular formula is C16H17ClFN3O2. The van der Waals surface area contributed by atoms with E-state index in [1.165, 1.54) is 18.2 Å². The minimum atomic E-state index is -0.655. The number of aromatic amines is 1. The number of amides is 1. The van der Waals surface area contributed by atoms with Gasteiger partial charge in [0.15, 0.2) is 0 Å². The summed E-state index contributed by atoms with van der Waals surface area (Å²) in [6.07, 6.45) is 2.43. The molecule has 1 amide bonds. The zero-order chi connectivity index (χ0) is 16.4. The molecule has 2 heterocycles. The van der Waals surface area contributed by atoms with Crippen molar-refractivity contribution in [2.45, 2.75) is 25.3 Å². The van der Waals surface area contributed by atoms with Gasteiger partial charge in [-0.25, -0.2) is 9.37 Å². The monoisotopic (exact) mass is 337 g/mol. The first-order valence-electron chi connectivity index (χ1n) is 7.33. The average molecular weight is 338 g/mol. The van der Waals surface area contributed by atoms with Crippen LogP contribution in [0.5, 0.6) is 0 Å². The van der Waals surface area contributed by atoms with E-state index in [1.807, 2.05) is 6.92 Å². The highest BCUT2D eigenvalue weighted by molar-refractivity contribution is 6.31. The predicted octanol–water partition coefficient (Wildman–Crippen LogP) is 2.49. The Morgan fingerprint density at radius 3 is 3.00 bits per heavy atom. The van der Waals surface area contributed by atoms with E-state index in [9.17, 15) is 9.18 Å². The average Bonchev–Trinajstić information content (AvgIpc) is 3.12. The van der Waals surface area contributed by atoms with E-state index in [0.29, 0.717) is 31.0 Å². The van der Waals surface area contributed by atoms with Crippen molar-refractivity contribution in [3.63, 3.8) is 0 Å². The van der Waals surface area contributed by atoms with Crippen LogP contribution in [0.2, 0.25) is 5.02 Å². The van der Waals surface area contributed by atoms with Crippen LogP contribution in [0, 0.1) is 12.7 Å². The van der Waals surface area contributed by atoms with E-state index in [-0.39, 0.29) is 17.4 Å². The van der Waals surface area contributed by atoms with Gasteiger partial charge in [0, 0.05) is 29.9 Å². The van der Waals surface area contributed by atoms with Crippen molar-refractivity contribution in [3.8, 4) is 0 Å². The van der Waals surface area contributed by atoms with Gasteiger partial charge >= 0.3 is 0 Å². The van der Waals surface area contributed by atoms with E-state index in [1.54, 1.807) is 6.20 Å². The third kappa shape index (κ3) is 3.38. The Bertz CT molecular complexity index is 726. The fourth-order valence-electron chi connectivity index (χ4n) is 2.71.